The molecule has 112 valence electrons. The highest BCUT2D eigenvalue weighted by Crippen LogP contribution is 2.55. The highest BCUT2D eigenvalue weighted by Gasteiger charge is 2.43. The lowest BCUT2D eigenvalue weighted by Crippen LogP contribution is -2.20. The van der Waals surface area contributed by atoms with E-state index in [1.54, 1.807) is 23.6 Å². The van der Waals surface area contributed by atoms with Gasteiger partial charge in [-0.15, -0.1) is 0 Å². The molecule has 0 radical (unpaired) electrons. The second-order valence-electron chi connectivity index (χ2n) is 7.28. The number of fused-ring (bicyclic) bond motifs is 5. The van der Waals surface area contributed by atoms with Crippen LogP contribution in [-0.2, 0) is 4.79 Å². The summed E-state index contributed by atoms with van der Waals surface area (Å²) in [4.78, 5) is 14.1. The summed E-state index contributed by atoms with van der Waals surface area (Å²) in [6.45, 7) is 1.76. The van der Waals surface area contributed by atoms with Crippen molar-refractivity contribution in [2.24, 2.45) is 5.92 Å². The van der Waals surface area contributed by atoms with E-state index in [1.165, 1.54) is 25.7 Å². The number of ketones is 1. The standard InChI is InChI=1S/C19H25NO/c1-12(21)13-6-8-14(9-7-13)15-4-3-5-16-17-10-11-18(19(15)16)20(17)2/h3-5,13-14,17-18H,6-11H2,1-2H3. The average Bonchev–Trinajstić information content (AvgIpc) is 3.01. The molecule has 2 atom stereocenters. The first-order valence-electron chi connectivity index (χ1n) is 8.52. The van der Waals surface area contributed by atoms with Crippen molar-refractivity contribution in [3.05, 3.63) is 34.9 Å². The molecule has 0 spiro atoms. The Hall–Kier alpha value is -1.15. The normalized spacial score (nSPS) is 35.0. The van der Waals surface area contributed by atoms with Gasteiger partial charge in [-0.2, -0.15) is 0 Å². The van der Waals surface area contributed by atoms with Gasteiger partial charge >= 0.3 is 0 Å². The quantitative estimate of drug-likeness (QED) is 0.803. The van der Waals surface area contributed by atoms with Gasteiger partial charge in [0.25, 0.3) is 0 Å². The van der Waals surface area contributed by atoms with Crippen molar-refractivity contribution in [3.63, 3.8) is 0 Å². The lowest BCUT2D eigenvalue weighted by molar-refractivity contribution is -0.121. The zero-order chi connectivity index (χ0) is 14.6. The first-order valence-corrected chi connectivity index (χ1v) is 8.52. The molecule has 2 nitrogen and oxygen atoms in total. The van der Waals surface area contributed by atoms with E-state index in [9.17, 15) is 4.79 Å². The topological polar surface area (TPSA) is 20.3 Å². The fraction of sp³-hybridized carbons (Fsp3) is 0.632. The van der Waals surface area contributed by atoms with E-state index >= 15 is 0 Å². The van der Waals surface area contributed by atoms with E-state index in [0.717, 1.165) is 12.8 Å². The Balaban J connectivity index is 1.62. The number of hydrogen-bond acceptors (Lipinski definition) is 2. The third kappa shape index (κ3) is 1.99. The fourth-order valence-corrected chi connectivity index (χ4v) is 5.11. The Bertz CT molecular complexity index is 571. The Morgan fingerprint density at radius 3 is 2.38 bits per heavy atom. The zero-order valence-electron chi connectivity index (χ0n) is 13.1. The van der Waals surface area contributed by atoms with Crippen LogP contribution in [0.4, 0.5) is 0 Å². The first kappa shape index (κ1) is 13.5. The number of carbonyl (C=O) groups excluding carboxylic acids is 1. The summed E-state index contributed by atoms with van der Waals surface area (Å²) in [6.07, 6.45) is 7.23. The summed E-state index contributed by atoms with van der Waals surface area (Å²) in [5, 5.41) is 0. The SMILES string of the molecule is CC(=O)C1CCC(c2cccc3c2C2CCC3N2C)CC1. The molecule has 1 aliphatic carbocycles. The smallest absolute Gasteiger partial charge is 0.132 e. The van der Waals surface area contributed by atoms with Crippen molar-refractivity contribution in [1.82, 2.24) is 4.90 Å². The van der Waals surface area contributed by atoms with Gasteiger partial charge in [0.1, 0.15) is 5.78 Å². The fourth-order valence-electron chi connectivity index (χ4n) is 5.11. The maximum absolute atomic E-state index is 11.6. The van der Waals surface area contributed by atoms with E-state index in [4.69, 9.17) is 0 Å². The monoisotopic (exact) mass is 283 g/mol. The number of hydrogen-bond donors (Lipinski definition) is 0. The van der Waals surface area contributed by atoms with E-state index in [1.807, 2.05) is 0 Å². The van der Waals surface area contributed by atoms with Crippen LogP contribution in [0.15, 0.2) is 18.2 Å². The molecule has 21 heavy (non-hydrogen) atoms. The molecule has 3 aliphatic rings. The molecule has 1 saturated carbocycles. The molecule has 2 heterocycles. The van der Waals surface area contributed by atoms with Gasteiger partial charge in [-0.25, -0.2) is 0 Å². The Kier molecular flexibility index (Phi) is 3.18. The van der Waals surface area contributed by atoms with Crippen LogP contribution >= 0.6 is 0 Å². The minimum absolute atomic E-state index is 0.331. The van der Waals surface area contributed by atoms with Crippen LogP contribution in [0.5, 0.6) is 0 Å². The molecular formula is C19H25NO. The van der Waals surface area contributed by atoms with Crippen LogP contribution < -0.4 is 0 Å². The molecule has 4 rings (SSSR count). The first-order chi connectivity index (χ1) is 10.2. The van der Waals surface area contributed by atoms with Crippen LogP contribution in [0.2, 0.25) is 0 Å². The molecule has 2 unspecified atom stereocenters. The Morgan fingerprint density at radius 2 is 1.67 bits per heavy atom. The molecule has 2 aliphatic heterocycles. The van der Waals surface area contributed by atoms with Crippen molar-refractivity contribution in [2.75, 3.05) is 7.05 Å². The lowest BCUT2D eigenvalue weighted by atomic mass is 9.74. The Labute approximate surface area is 127 Å². The van der Waals surface area contributed by atoms with Gasteiger partial charge in [0.05, 0.1) is 0 Å². The highest BCUT2D eigenvalue weighted by atomic mass is 16.1. The molecule has 0 amide bonds. The van der Waals surface area contributed by atoms with Crippen LogP contribution in [0.25, 0.3) is 0 Å². The van der Waals surface area contributed by atoms with E-state index in [0.29, 0.717) is 29.7 Å². The summed E-state index contributed by atoms with van der Waals surface area (Å²) in [5.41, 5.74) is 4.86. The number of benzene rings is 1. The number of nitrogens with zero attached hydrogens (tertiary/aromatic N) is 1. The summed E-state index contributed by atoms with van der Waals surface area (Å²) in [6, 6.07) is 8.30. The number of carbonyl (C=O) groups is 1. The largest absolute Gasteiger partial charge is 0.300 e. The van der Waals surface area contributed by atoms with Crippen LogP contribution in [0.1, 0.15) is 80.1 Å². The molecule has 1 saturated heterocycles. The van der Waals surface area contributed by atoms with Crippen molar-refractivity contribution < 1.29 is 4.79 Å². The molecule has 1 aromatic rings. The van der Waals surface area contributed by atoms with E-state index < -0.39 is 0 Å². The van der Waals surface area contributed by atoms with Gasteiger partial charge in [0.15, 0.2) is 0 Å². The summed E-state index contributed by atoms with van der Waals surface area (Å²) >= 11 is 0. The molecular weight excluding hydrogens is 258 g/mol. The maximum Gasteiger partial charge on any atom is 0.132 e. The molecule has 0 N–H and O–H groups in total. The van der Waals surface area contributed by atoms with Crippen molar-refractivity contribution in [1.29, 1.82) is 0 Å². The van der Waals surface area contributed by atoms with Crippen LogP contribution in [-0.4, -0.2) is 17.7 Å². The minimum Gasteiger partial charge on any atom is -0.300 e. The van der Waals surface area contributed by atoms with Gasteiger partial charge in [-0.1, -0.05) is 18.2 Å². The van der Waals surface area contributed by atoms with E-state index in [-0.39, 0.29) is 0 Å². The molecule has 0 aromatic heterocycles. The summed E-state index contributed by atoms with van der Waals surface area (Å²) in [5.74, 6) is 1.41. The van der Waals surface area contributed by atoms with Crippen LogP contribution in [0, 0.1) is 5.92 Å². The van der Waals surface area contributed by atoms with Gasteiger partial charge in [-0.3, -0.25) is 9.69 Å². The average molecular weight is 283 g/mol. The molecule has 2 fully saturated rings. The van der Waals surface area contributed by atoms with Crippen molar-refractivity contribution in [3.8, 4) is 0 Å². The van der Waals surface area contributed by atoms with Gasteiger partial charge in [-0.05, 0) is 75.1 Å². The highest BCUT2D eigenvalue weighted by molar-refractivity contribution is 5.78. The van der Waals surface area contributed by atoms with Crippen LogP contribution in [0.3, 0.4) is 0 Å². The third-order valence-electron chi connectivity index (χ3n) is 6.30. The second kappa shape index (κ2) is 4.95. The molecule has 1 aromatic carbocycles. The minimum atomic E-state index is 0.331. The Morgan fingerprint density at radius 1 is 1.00 bits per heavy atom. The van der Waals surface area contributed by atoms with Gasteiger partial charge in [0, 0.05) is 18.0 Å². The third-order valence-corrected chi connectivity index (χ3v) is 6.30. The number of rotatable bonds is 2. The summed E-state index contributed by atoms with van der Waals surface area (Å²) in [7, 11) is 2.29. The number of Topliss-reactive ketones (excluding diaryl/α,β-unsaturated/α-hetero) is 1. The summed E-state index contributed by atoms with van der Waals surface area (Å²) < 4.78 is 0. The molecule has 2 heteroatoms. The maximum atomic E-state index is 11.6. The second-order valence-corrected chi connectivity index (χ2v) is 7.28. The van der Waals surface area contributed by atoms with E-state index in [2.05, 4.69) is 30.1 Å². The molecule has 2 bridgehead atoms. The predicted octanol–water partition coefficient (Wildman–Crippen LogP) is 4.37. The van der Waals surface area contributed by atoms with Crippen molar-refractivity contribution >= 4 is 5.78 Å². The van der Waals surface area contributed by atoms with Gasteiger partial charge < -0.3 is 0 Å². The lowest BCUT2D eigenvalue weighted by Gasteiger charge is -2.30. The van der Waals surface area contributed by atoms with Crippen molar-refractivity contribution in [2.45, 2.75) is 63.5 Å². The predicted molar refractivity (Wildman–Crippen MR) is 84.3 cm³/mol. The van der Waals surface area contributed by atoms with Gasteiger partial charge in [0.2, 0.25) is 0 Å². The zero-order valence-corrected chi connectivity index (χ0v) is 13.1.